The predicted octanol–water partition coefficient (Wildman–Crippen LogP) is 3.01. The molecule has 5 heteroatoms. The molecule has 0 bridgehead atoms. The molecule has 0 saturated heterocycles. The highest BCUT2D eigenvalue weighted by Gasteiger charge is 1.97. The number of halogens is 1. The van der Waals surface area contributed by atoms with E-state index in [1.54, 1.807) is 26.5 Å². The standard InChI is InChI=1S/C9H11BrN4.C2H6/c1-11-6-9(12-2)14-8-5-7(10)3-4-13-8;1-2/h3-6H,1-2H3,(H,12,13,14);1-2H3. The predicted molar refractivity (Wildman–Crippen MR) is 74.7 cm³/mol. The summed E-state index contributed by atoms with van der Waals surface area (Å²) in [6.45, 7) is 4.00. The number of hydrogen-bond acceptors (Lipinski definition) is 3. The van der Waals surface area contributed by atoms with Crippen molar-refractivity contribution in [3.05, 3.63) is 22.8 Å². The van der Waals surface area contributed by atoms with E-state index >= 15 is 0 Å². The van der Waals surface area contributed by atoms with E-state index < -0.39 is 0 Å². The second-order valence-corrected chi connectivity index (χ2v) is 3.40. The number of amidine groups is 1. The monoisotopic (exact) mass is 284 g/mol. The quantitative estimate of drug-likeness (QED) is 0.670. The number of aromatic nitrogens is 1. The van der Waals surface area contributed by atoms with E-state index in [4.69, 9.17) is 0 Å². The van der Waals surface area contributed by atoms with Crippen LogP contribution in [-0.4, -0.2) is 31.1 Å². The van der Waals surface area contributed by atoms with Crippen molar-refractivity contribution in [3.63, 3.8) is 0 Å². The minimum Gasteiger partial charge on any atom is -0.324 e. The van der Waals surface area contributed by atoms with Crippen molar-refractivity contribution in [2.75, 3.05) is 19.4 Å². The maximum Gasteiger partial charge on any atom is 0.144 e. The Labute approximate surface area is 105 Å². The van der Waals surface area contributed by atoms with Gasteiger partial charge in [-0.15, -0.1) is 0 Å². The lowest BCUT2D eigenvalue weighted by Crippen LogP contribution is -2.14. The summed E-state index contributed by atoms with van der Waals surface area (Å²) in [5.74, 6) is 1.41. The van der Waals surface area contributed by atoms with Gasteiger partial charge in [0.15, 0.2) is 0 Å². The molecule has 16 heavy (non-hydrogen) atoms. The first-order valence-electron chi connectivity index (χ1n) is 5.04. The first-order chi connectivity index (χ1) is 7.76. The number of pyridine rings is 1. The Balaban J connectivity index is 0.00000106. The molecule has 0 fully saturated rings. The molecule has 0 radical (unpaired) electrons. The molecule has 88 valence electrons. The van der Waals surface area contributed by atoms with Gasteiger partial charge in [-0.05, 0) is 12.1 Å². The van der Waals surface area contributed by atoms with Crippen LogP contribution >= 0.6 is 15.9 Å². The fourth-order valence-electron chi connectivity index (χ4n) is 0.873. The molecule has 1 rings (SSSR count). The van der Waals surface area contributed by atoms with Crippen molar-refractivity contribution < 1.29 is 0 Å². The Morgan fingerprint density at radius 3 is 2.62 bits per heavy atom. The zero-order chi connectivity index (χ0) is 12.4. The minimum absolute atomic E-state index is 0.679. The van der Waals surface area contributed by atoms with E-state index in [9.17, 15) is 0 Å². The maximum absolute atomic E-state index is 4.13. The molecule has 1 aromatic rings. The largest absolute Gasteiger partial charge is 0.324 e. The van der Waals surface area contributed by atoms with Gasteiger partial charge in [0.2, 0.25) is 0 Å². The summed E-state index contributed by atoms with van der Waals surface area (Å²) >= 11 is 3.36. The van der Waals surface area contributed by atoms with Crippen LogP contribution in [0.15, 0.2) is 32.8 Å². The molecule has 4 nitrogen and oxygen atoms in total. The average Bonchev–Trinajstić information content (AvgIpc) is 2.31. The zero-order valence-corrected chi connectivity index (χ0v) is 11.6. The molecule has 0 spiro atoms. The fraction of sp³-hybridized carbons (Fsp3) is 0.364. The van der Waals surface area contributed by atoms with Crippen LogP contribution in [0.4, 0.5) is 5.82 Å². The fourth-order valence-corrected chi connectivity index (χ4v) is 1.21. The summed E-state index contributed by atoms with van der Waals surface area (Å²) in [7, 11) is 3.39. The van der Waals surface area contributed by atoms with Crippen LogP contribution < -0.4 is 5.32 Å². The van der Waals surface area contributed by atoms with E-state index in [-0.39, 0.29) is 0 Å². The molecular formula is C11H17BrN4. The Bertz CT molecular complexity index is 361. The van der Waals surface area contributed by atoms with Crippen molar-refractivity contribution in [1.82, 2.24) is 4.98 Å². The maximum atomic E-state index is 4.13. The van der Waals surface area contributed by atoms with Crippen LogP contribution in [0.25, 0.3) is 0 Å². The zero-order valence-electron chi connectivity index (χ0n) is 10.0. The second kappa shape index (κ2) is 9.03. The van der Waals surface area contributed by atoms with Crippen LogP contribution in [0, 0.1) is 0 Å². The lowest BCUT2D eigenvalue weighted by molar-refractivity contribution is 1.30. The van der Waals surface area contributed by atoms with Gasteiger partial charge in [0.1, 0.15) is 11.7 Å². The van der Waals surface area contributed by atoms with Crippen LogP contribution in [0.5, 0.6) is 0 Å². The summed E-state index contributed by atoms with van der Waals surface area (Å²) in [5, 5.41) is 3.03. The third-order valence-corrected chi connectivity index (χ3v) is 1.96. The van der Waals surface area contributed by atoms with Gasteiger partial charge in [0, 0.05) is 24.8 Å². The Morgan fingerprint density at radius 2 is 2.12 bits per heavy atom. The molecule has 0 atom stereocenters. The molecule has 0 saturated carbocycles. The van der Waals surface area contributed by atoms with Gasteiger partial charge in [-0.3, -0.25) is 9.98 Å². The van der Waals surface area contributed by atoms with Crippen LogP contribution in [0.3, 0.4) is 0 Å². The smallest absolute Gasteiger partial charge is 0.144 e. The number of nitrogens with one attached hydrogen (secondary N) is 1. The van der Waals surface area contributed by atoms with Gasteiger partial charge in [0.25, 0.3) is 0 Å². The first kappa shape index (κ1) is 14.8. The molecule has 0 aliphatic carbocycles. The van der Waals surface area contributed by atoms with Crippen molar-refractivity contribution >= 4 is 33.8 Å². The number of hydrogen-bond donors (Lipinski definition) is 1. The Morgan fingerprint density at radius 1 is 1.44 bits per heavy atom. The topological polar surface area (TPSA) is 49.6 Å². The van der Waals surface area contributed by atoms with E-state index in [1.807, 2.05) is 26.0 Å². The van der Waals surface area contributed by atoms with E-state index in [2.05, 4.69) is 36.2 Å². The first-order valence-corrected chi connectivity index (χ1v) is 5.83. The van der Waals surface area contributed by atoms with Crippen molar-refractivity contribution in [2.45, 2.75) is 13.8 Å². The van der Waals surface area contributed by atoms with Gasteiger partial charge in [-0.2, -0.15) is 0 Å². The van der Waals surface area contributed by atoms with Gasteiger partial charge in [-0.1, -0.05) is 29.8 Å². The highest BCUT2D eigenvalue weighted by atomic mass is 79.9. The van der Waals surface area contributed by atoms with Crippen molar-refractivity contribution in [2.24, 2.45) is 9.98 Å². The lowest BCUT2D eigenvalue weighted by atomic mass is 10.4. The minimum atomic E-state index is 0.679. The van der Waals surface area contributed by atoms with Crippen molar-refractivity contribution in [3.8, 4) is 0 Å². The SMILES string of the molecule is CC.CN=CC(=NC)Nc1cc(Br)ccn1. The lowest BCUT2D eigenvalue weighted by Gasteiger charge is -2.03. The summed E-state index contributed by atoms with van der Waals surface area (Å²) in [6.07, 6.45) is 3.35. The molecule has 1 aromatic heterocycles. The van der Waals surface area contributed by atoms with Gasteiger partial charge < -0.3 is 5.32 Å². The normalized spacial score (nSPS) is 10.9. The number of nitrogens with zero attached hydrogens (tertiary/aromatic N) is 3. The number of rotatable bonds is 2. The molecule has 0 aromatic carbocycles. The molecule has 0 unspecified atom stereocenters. The molecule has 0 aliphatic rings. The summed E-state index contributed by atoms with van der Waals surface area (Å²) in [5.41, 5.74) is 0. The van der Waals surface area contributed by atoms with Crippen LogP contribution in [-0.2, 0) is 0 Å². The summed E-state index contributed by atoms with van der Waals surface area (Å²) in [4.78, 5) is 12.0. The molecule has 0 amide bonds. The molecule has 0 aliphatic heterocycles. The van der Waals surface area contributed by atoms with Crippen LogP contribution in [0.2, 0.25) is 0 Å². The van der Waals surface area contributed by atoms with E-state index in [0.717, 1.165) is 10.3 Å². The van der Waals surface area contributed by atoms with Gasteiger partial charge in [0.05, 0.1) is 6.21 Å². The van der Waals surface area contributed by atoms with Gasteiger partial charge >= 0.3 is 0 Å². The molecule has 1 heterocycles. The third kappa shape index (κ3) is 5.60. The third-order valence-electron chi connectivity index (χ3n) is 1.47. The van der Waals surface area contributed by atoms with Gasteiger partial charge in [-0.25, -0.2) is 4.98 Å². The summed E-state index contributed by atoms with van der Waals surface area (Å²) < 4.78 is 0.971. The molecule has 1 N–H and O–H groups in total. The molecular weight excluding hydrogens is 268 g/mol. The second-order valence-electron chi connectivity index (χ2n) is 2.48. The van der Waals surface area contributed by atoms with Crippen molar-refractivity contribution in [1.29, 1.82) is 0 Å². The number of anilines is 1. The highest BCUT2D eigenvalue weighted by molar-refractivity contribution is 9.10. The average molecular weight is 285 g/mol. The summed E-state index contributed by atoms with van der Waals surface area (Å²) in [6, 6.07) is 3.73. The number of aliphatic imine (C=N–C) groups is 2. The van der Waals surface area contributed by atoms with Crippen LogP contribution in [0.1, 0.15) is 13.8 Å². The Hall–Kier alpha value is -1.23. The highest BCUT2D eigenvalue weighted by Crippen LogP contribution is 2.12. The Kier molecular flexibility index (Phi) is 8.34. The van der Waals surface area contributed by atoms with E-state index in [1.165, 1.54) is 0 Å². The van der Waals surface area contributed by atoms with E-state index in [0.29, 0.717) is 5.84 Å².